The number of ether oxygens (including phenoxy) is 1. The first kappa shape index (κ1) is 21.8. The van der Waals surface area contributed by atoms with E-state index in [0.717, 1.165) is 45.3 Å². The average Bonchev–Trinajstić information content (AvgIpc) is 3.09. The molecule has 2 aliphatic heterocycles. The molecule has 1 aromatic carbocycles. The predicted octanol–water partition coefficient (Wildman–Crippen LogP) is 2.48. The lowest BCUT2D eigenvalue weighted by atomic mass is 9.88. The molecule has 0 aliphatic carbocycles. The van der Waals surface area contributed by atoms with Crippen molar-refractivity contribution in [3.05, 3.63) is 35.9 Å². The lowest BCUT2D eigenvalue weighted by Crippen LogP contribution is -2.50. The summed E-state index contributed by atoms with van der Waals surface area (Å²) in [7, 11) is 0. The summed E-state index contributed by atoms with van der Waals surface area (Å²) in [6.07, 6.45) is 4.19. The molecule has 2 N–H and O–H groups in total. The first-order valence-corrected chi connectivity index (χ1v) is 10.9. The number of likely N-dealkylation sites (tertiary alicyclic amines) is 1. The molecule has 2 saturated heterocycles. The predicted molar refractivity (Wildman–Crippen MR) is 113 cm³/mol. The van der Waals surface area contributed by atoms with Gasteiger partial charge in [0.15, 0.2) is 0 Å². The van der Waals surface area contributed by atoms with Gasteiger partial charge in [-0.2, -0.15) is 0 Å². The minimum Gasteiger partial charge on any atom is -0.370 e. The molecule has 1 spiro atoms. The molecule has 2 heterocycles. The van der Waals surface area contributed by atoms with E-state index in [1.807, 2.05) is 13.8 Å². The zero-order valence-electron chi connectivity index (χ0n) is 17.9. The lowest BCUT2D eigenvalue weighted by molar-refractivity contribution is -0.130. The van der Waals surface area contributed by atoms with E-state index >= 15 is 0 Å². The number of nitrogens with zero attached hydrogens (tertiary/aromatic N) is 1. The second-order valence-electron chi connectivity index (χ2n) is 8.89. The number of hydrogen-bond acceptors (Lipinski definition) is 4. The third-order valence-electron chi connectivity index (χ3n) is 6.17. The van der Waals surface area contributed by atoms with Crippen LogP contribution in [0.2, 0.25) is 0 Å². The largest absolute Gasteiger partial charge is 0.370 e. The Morgan fingerprint density at radius 2 is 1.86 bits per heavy atom. The Morgan fingerprint density at radius 3 is 2.48 bits per heavy atom. The fourth-order valence-electron chi connectivity index (χ4n) is 4.45. The van der Waals surface area contributed by atoms with E-state index in [9.17, 15) is 9.59 Å². The van der Waals surface area contributed by atoms with Crippen LogP contribution in [0.1, 0.15) is 52.0 Å². The maximum atomic E-state index is 12.5. The van der Waals surface area contributed by atoms with Crippen molar-refractivity contribution in [3.8, 4) is 0 Å². The molecule has 6 heteroatoms. The number of benzene rings is 1. The van der Waals surface area contributed by atoms with Crippen LogP contribution >= 0.6 is 0 Å². The molecule has 2 atom stereocenters. The first-order valence-electron chi connectivity index (χ1n) is 10.9. The van der Waals surface area contributed by atoms with Crippen molar-refractivity contribution >= 4 is 11.8 Å². The summed E-state index contributed by atoms with van der Waals surface area (Å²) in [5.41, 5.74) is 1.33. The van der Waals surface area contributed by atoms with E-state index in [-0.39, 0.29) is 29.4 Å². The van der Waals surface area contributed by atoms with E-state index in [1.165, 1.54) is 12.5 Å². The van der Waals surface area contributed by atoms with E-state index in [0.29, 0.717) is 6.54 Å². The summed E-state index contributed by atoms with van der Waals surface area (Å²) in [5, 5.41) is 5.72. The van der Waals surface area contributed by atoms with Crippen molar-refractivity contribution in [1.29, 1.82) is 0 Å². The van der Waals surface area contributed by atoms with Gasteiger partial charge in [0.25, 0.3) is 0 Å². The molecular weight excluding hydrogens is 366 g/mol. The van der Waals surface area contributed by atoms with Gasteiger partial charge in [-0.15, -0.1) is 0 Å². The van der Waals surface area contributed by atoms with Gasteiger partial charge in [0, 0.05) is 33.1 Å². The number of carbonyl (C=O) groups is 2. The quantitative estimate of drug-likeness (QED) is 0.736. The van der Waals surface area contributed by atoms with Crippen molar-refractivity contribution in [3.63, 3.8) is 0 Å². The fraction of sp³-hybridized carbons (Fsp3) is 0.652. The maximum absolute atomic E-state index is 12.5. The summed E-state index contributed by atoms with van der Waals surface area (Å²) in [5.74, 6) is -0.265. The molecule has 29 heavy (non-hydrogen) atoms. The average molecular weight is 402 g/mol. The Balaban J connectivity index is 1.43. The van der Waals surface area contributed by atoms with Crippen molar-refractivity contribution in [1.82, 2.24) is 15.5 Å². The normalized spacial score (nSPS) is 22.6. The van der Waals surface area contributed by atoms with Crippen LogP contribution in [0.3, 0.4) is 0 Å². The summed E-state index contributed by atoms with van der Waals surface area (Å²) in [6, 6.07) is 10.1. The molecule has 1 aromatic rings. The highest BCUT2D eigenvalue weighted by atomic mass is 16.5. The Labute approximate surface area is 174 Å². The van der Waals surface area contributed by atoms with Crippen molar-refractivity contribution in [2.75, 3.05) is 19.6 Å². The summed E-state index contributed by atoms with van der Waals surface area (Å²) >= 11 is 0. The van der Waals surface area contributed by atoms with Gasteiger partial charge in [0.2, 0.25) is 11.8 Å². The lowest BCUT2D eigenvalue weighted by Gasteiger charge is -2.39. The molecule has 2 amide bonds. The molecule has 0 aromatic heterocycles. The highest BCUT2D eigenvalue weighted by molar-refractivity contribution is 5.87. The molecule has 0 radical (unpaired) electrons. The van der Waals surface area contributed by atoms with Crippen LogP contribution in [0.25, 0.3) is 0 Å². The second-order valence-corrected chi connectivity index (χ2v) is 8.89. The molecule has 0 unspecified atom stereocenters. The Hall–Kier alpha value is -1.92. The van der Waals surface area contributed by atoms with Crippen molar-refractivity contribution < 1.29 is 14.3 Å². The van der Waals surface area contributed by atoms with Gasteiger partial charge in [-0.1, -0.05) is 44.2 Å². The number of nitrogens with one attached hydrogen (secondary N) is 2. The highest BCUT2D eigenvalue weighted by Crippen LogP contribution is 2.39. The van der Waals surface area contributed by atoms with Crippen LogP contribution in [0, 0.1) is 5.92 Å². The second kappa shape index (κ2) is 9.72. The van der Waals surface area contributed by atoms with E-state index in [4.69, 9.17) is 4.74 Å². The molecule has 160 valence electrons. The van der Waals surface area contributed by atoms with Crippen LogP contribution in [0.4, 0.5) is 0 Å². The monoisotopic (exact) mass is 401 g/mol. The zero-order valence-corrected chi connectivity index (χ0v) is 17.9. The summed E-state index contributed by atoms with van der Waals surface area (Å²) < 4.78 is 6.43. The smallest absolute Gasteiger partial charge is 0.242 e. The molecule has 0 saturated carbocycles. The minimum absolute atomic E-state index is 0.0301. The van der Waals surface area contributed by atoms with E-state index < -0.39 is 6.04 Å². The summed E-state index contributed by atoms with van der Waals surface area (Å²) in [4.78, 5) is 26.3. The molecule has 3 rings (SSSR count). The molecule has 0 bridgehead atoms. The van der Waals surface area contributed by atoms with Crippen LogP contribution < -0.4 is 10.6 Å². The van der Waals surface area contributed by atoms with Gasteiger partial charge in [-0.05, 0) is 37.2 Å². The fourth-order valence-corrected chi connectivity index (χ4v) is 4.45. The first-order chi connectivity index (χ1) is 13.9. The topological polar surface area (TPSA) is 70.7 Å². The third-order valence-corrected chi connectivity index (χ3v) is 6.17. The highest BCUT2D eigenvalue weighted by Gasteiger charge is 2.42. The Bertz CT molecular complexity index is 684. The molecule has 2 aliphatic rings. The minimum atomic E-state index is -0.496. The number of piperidine rings is 1. The van der Waals surface area contributed by atoms with Crippen LogP contribution in [0.15, 0.2) is 30.3 Å². The van der Waals surface area contributed by atoms with Gasteiger partial charge < -0.3 is 15.4 Å². The maximum Gasteiger partial charge on any atom is 0.242 e. The Kier molecular flexibility index (Phi) is 7.30. The van der Waals surface area contributed by atoms with Crippen LogP contribution in [-0.4, -0.2) is 54.1 Å². The van der Waals surface area contributed by atoms with Crippen molar-refractivity contribution in [2.45, 2.75) is 70.7 Å². The third kappa shape index (κ3) is 6.03. The standard InChI is InChI=1S/C23H35N3O3/c1-17(2)21(25-18(3)27)22(28)24-15-20-9-10-23(29-20)11-13-26(14-12-23)16-19-7-5-4-6-8-19/h4-8,17,20-21H,9-16H2,1-3H3,(H,24,28)(H,25,27)/t20-,21+/m1/s1. The summed E-state index contributed by atoms with van der Waals surface area (Å²) in [6.45, 7) is 8.91. The number of amides is 2. The van der Waals surface area contributed by atoms with Crippen molar-refractivity contribution in [2.24, 2.45) is 5.92 Å². The van der Waals surface area contributed by atoms with Gasteiger partial charge in [0.05, 0.1) is 11.7 Å². The van der Waals surface area contributed by atoms with Crippen LogP contribution in [0.5, 0.6) is 0 Å². The van der Waals surface area contributed by atoms with Gasteiger partial charge >= 0.3 is 0 Å². The van der Waals surface area contributed by atoms with Gasteiger partial charge in [-0.3, -0.25) is 14.5 Å². The SMILES string of the molecule is CC(=O)N[C@H](C(=O)NC[C@H]1CCC2(CCN(Cc3ccccc3)CC2)O1)C(C)C. The van der Waals surface area contributed by atoms with E-state index in [1.54, 1.807) is 0 Å². The zero-order chi connectivity index (χ0) is 20.9. The molecular formula is C23H35N3O3. The number of carbonyl (C=O) groups excluding carboxylic acids is 2. The number of rotatable bonds is 7. The van der Waals surface area contributed by atoms with Gasteiger partial charge in [0.1, 0.15) is 6.04 Å². The number of hydrogen-bond donors (Lipinski definition) is 2. The molecule has 6 nitrogen and oxygen atoms in total. The van der Waals surface area contributed by atoms with Crippen LogP contribution in [-0.2, 0) is 20.9 Å². The van der Waals surface area contributed by atoms with Gasteiger partial charge in [-0.25, -0.2) is 0 Å². The Morgan fingerprint density at radius 1 is 1.17 bits per heavy atom. The van der Waals surface area contributed by atoms with E-state index in [2.05, 4.69) is 45.9 Å². The molecule has 2 fully saturated rings.